The van der Waals surface area contributed by atoms with E-state index in [0.717, 1.165) is 17.7 Å². The monoisotopic (exact) mass is 298 g/mol. The second-order valence-corrected chi connectivity index (χ2v) is 5.47. The highest BCUT2D eigenvalue weighted by Gasteiger charge is 2.20. The maximum absolute atomic E-state index is 6.25. The van der Waals surface area contributed by atoms with E-state index in [0.29, 0.717) is 16.7 Å². The van der Waals surface area contributed by atoms with Crippen molar-refractivity contribution in [2.75, 3.05) is 6.61 Å². The minimum atomic E-state index is 0.218. The van der Waals surface area contributed by atoms with Gasteiger partial charge in [0.15, 0.2) is 0 Å². The Kier molecular flexibility index (Phi) is 6.55. The van der Waals surface area contributed by atoms with Gasteiger partial charge in [-0.25, -0.2) is 0 Å². The van der Waals surface area contributed by atoms with Gasteiger partial charge in [-0.2, -0.15) is 0 Å². The van der Waals surface area contributed by atoms with Crippen LogP contribution in [0.2, 0.25) is 10.0 Å². The molecule has 0 aliphatic rings. The lowest BCUT2D eigenvalue weighted by Gasteiger charge is -2.21. The minimum absolute atomic E-state index is 0.218. The van der Waals surface area contributed by atoms with Crippen LogP contribution in [0.1, 0.15) is 45.6 Å². The molecule has 0 heterocycles. The molecule has 1 aromatic carbocycles. The normalized spacial score (nSPS) is 13.4. The summed E-state index contributed by atoms with van der Waals surface area (Å²) in [6.07, 6.45) is 0.942. The van der Waals surface area contributed by atoms with Gasteiger partial charge in [0.1, 0.15) is 5.75 Å². The molecule has 3 heteroatoms. The maximum Gasteiger partial charge on any atom is 0.141 e. The molecule has 0 spiro atoms. The van der Waals surface area contributed by atoms with Crippen LogP contribution in [0.3, 0.4) is 0 Å². The highest BCUT2D eigenvalue weighted by molar-refractivity contribution is 6.35. The Balaban J connectivity index is 3.18. The van der Waals surface area contributed by atoms with Crippen LogP contribution in [0.4, 0.5) is 0 Å². The molecule has 0 bridgehead atoms. The summed E-state index contributed by atoms with van der Waals surface area (Å²) in [5.41, 5.74) is 1.03. The SMILES string of the molecule is CC#CC(C)C(C)c1cc(Cl)cc(Cl)c1OCCC. The summed E-state index contributed by atoms with van der Waals surface area (Å²) in [7, 11) is 0. The molecule has 2 atom stereocenters. The molecule has 0 aromatic heterocycles. The second-order valence-electron chi connectivity index (χ2n) is 4.63. The molecule has 104 valence electrons. The highest BCUT2D eigenvalue weighted by atomic mass is 35.5. The Bertz CT molecular complexity index is 486. The summed E-state index contributed by atoms with van der Waals surface area (Å²) >= 11 is 12.4. The van der Waals surface area contributed by atoms with Gasteiger partial charge in [-0.3, -0.25) is 0 Å². The number of ether oxygens (including phenoxy) is 1. The molecule has 1 aromatic rings. The van der Waals surface area contributed by atoms with Gasteiger partial charge in [0.2, 0.25) is 0 Å². The number of hydrogen-bond donors (Lipinski definition) is 0. The molecule has 0 saturated heterocycles. The summed E-state index contributed by atoms with van der Waals surface area (Å²) in [5, 5.41) is 1.20. The highest BCUT2D eigenvalue weighted by Crippen LogP contribution is 2.39. The van der Waals surface area contributed by atoms with E-state index in [1.165, 1.54) is 0 Å². The number of benzene rings is 1. The summed E-state index contributed by atoms with van der Waals surface area (Å²) in [4.78, 5) is 0. The van der Waals surface area contributed by atoms with Gasteiger partial charge in [-0.05, 0) is 31.4 Å². The van der Waals surface area contributed by atoms with Crippen molar-refractivity contribution in [3.05, 3.63) is 27.7 Å². The Labute approximate surface area is 126 Å². The van der Waals surface area contributed by atoms with Crippen LogP contribution in [0.25, 0.3) is 0 Å². The predicted octanol–water partition coefficient (Wildman–Crippen LogP) is 5.55. The van der Waals surface area contributed by atoms with Gasteiger partial charge < -0.3 is 4.74 Å². The second kappa shape index (κ2) is 7.68. The molecule has 2 unspecified atom stereocenters. The van der Waals surface area contributed by atoms with Gasteiger partial charge in [0.25, 0.3) is 0 Å². The van der Waals surface area contributed by atoms with Crippen LogP contribution in [-0.2, 0) is 0 Å². The third kappa shape index (κ3) is 4.34. The van der Waals surface area contributed by atoms with Crippen molar-refractivity contribution in [2.24, 2.45) is 5.92 Å². The Morgan fingerprint density at radius 3 is 2.53 bits per heavy atom. The molecule has 1 rings (SSSR count). The molecule has 0 fully saturated rings. The van der Waals surface area contributed by atoms with Gasteiger partial charge in [-0.15, -0.1) is 5.92 Å². The third-order valence-electron chi connectivity index (χ3n) is 3.10. The van der Waals surface area contributed by atoms with Crippen molar-refractivity contribution in [3.8, 4) is 17.6 Å². The van der Waals surface area contributed by atoms with Crippen LogP contribution in [0.15, 0.2) is 12.1 Å². The Morgan fingerprint density at radius 1 is 1.26 bits per heavy atom. The lowest BCUT2D eigenvalue weighted by atomic mass is 9.88. The van der Waals surface area contributed by atoms with Crippen LogP contribution in [-0.4, -0.2) is 6.61 Å². The van der Waals surface area contributed by atoms with Crippen molar-refractivity contribution in [1.82, 2.24) is 0 Å². The van der Waals surface area contributed by atoms with Crippen molar-refractivity contribution in [1.29, 1.82) is 0 Å². The summed E-state index contributed by atoms with van der Waals surface area (Å²) in [6.45, 7) is 8.78. The van der Waals surface area contributed by atoms with Crippen molar-refractivity contribution >= 4 is 23.2 Å². The number of rotatable bonds is 5. The smallest absolute Gasteiger partial charge is 0.141 e. The van der Waals surface area contributed by atoms with E-state index in [2.05, 4.69) is 32.6 Å². The standard InChI is InChI=1S/C16H20Cl2O/c1-5-7-11(3)12(4)14-9-13(17)10-15(18)16(14)19-8-6-2/h9-12H,6,8H2,1-4H3. The fraction of sp³-hybridized carbons (Fsp3) is 0.500. The van der Waals surface area contributed by atoms with E-state index >= 15 is 0 Å². The predicted molar refractivity (Wildman–Crippen MR) is 83.3 cm³/mol. The van der Waals surface area contributed by atoms with Gasteiger partial charge in [-0.1, -0.05) is 49.9 Å². The topological polar surface area (TPSA) is 9.23 Å². The molecule has 19 heavy (non-hydrogen) atoms. The molecule has 1 nitrogen and oxygen atoms in total. The van der Waals surface area contributed by atoms with Crippen molar-refractivity contribution in [2.45, 2.75) is 40.0 Å². The lowest BCUT2D eigenvalue weighted by molar-refractivity contribution is 0.311. The van der Waals surface area contributed by atoms with Gasteiger partial charge in [0, 0.05) is 16.5 Å². The van der Waals surface area contributed by atoms with Crippen LogP contribution in [0.5, 0.6) is 5.75 Å². The molecular formula is C16H20Cl2O. The molecular weight excluding hydrogens is 279 g/mol. The van der Waals surface area contributed by atoms with E-state index in [1.807, 2.05) is 13.0 Å². The first-order valence-electron chi connectivity index (χ1n) is 6.55. The quantitative estimate of drug-likeness (QED) is 0.648. The van der Waals surface area contributed by atoms with Crippen molar-refractivity contribution < 1.29 is 4.74 Å². The maximum atomic E-state index is 6.25. The van der Waals surface area contributed by atoms with E-state index in [4.69, 9.17) is 27.9 Å². The summed E-state index contributed by atoms with van der Waals surface area (Å²) in [5.74, 6) is 7.31. The molecule has 0 amide bonds. The van der Waals surface area contributed by atoms with E-state index in [1.54, 1.807) is 6.07 Å². The third-order valence-corrected chi connectivity index (χ3v) is 3.60. The fourth-order valence-corrected chi connectivity index (χ4v) is 2.46. The van der Waals surface area contributed by atoms with Gasteiger partial charge in [0.05, 0.1) is 11.6 Å². The molecule has 0 saturated carbocycles. The summed E-state index contributed by atoms with van der Waals surface area (Å²) in [6, 6.07) is 3.65. The zero-order valence-electron chi connectivity index (χ0n) is 11.9. The zero-order valence-corrected chi connectivity index (χ0v) is 13.4. The lowest BCUT2D eigenvalue weighted by Crippen LogP contribution is -2.08. The first-order chi connectivity index (χ1) is 9.01. The minimum Gasteiger partial charge on any atom is -0.492 e. The van der Waals surface area contributed by atoms with Crippen LogP contribution >= 0.6 is 23.2 Å². The average Bonchev–Trinajstić information content (AvgIpc) is 2.36. The van der Waals surface area contributed by atoms with Crippen LogP contribution in [0, 0.1) is 17.8 Å². The molecule has 0 radical (unpaired) electrons. The Hall–Kier alpha value is -0.840. The largest absolute Gasteiger partial charge is 0.492 e. The first kappa shape index (κ1) is 16.2. The van der Waals surface area contributed by atoms with Gasteiger partial charge >= 0.3 is 0 Å². The van der Waals surface area contributed by atoms with Crippen molar-refractivity contribution in [3.63, 3.8) is 0 Å². The number of halogens is 2. The number of hydrogen-bond acceptors (Lipinski definition) is 1. The molecule has 0 aliphatic carbocycles. The summed E-state index contributed by atoms with van der Waals surface area (Å²) < 4.78 is 5.78. The van der Waals surface area contributed by atoms with Crippen LogP contribution < -0.4 is 4.74 Å². The van der Waals surface area contributed by atoms with E-state index in [9.17, 15) is 0 Å². The average molecular weight is 299 g/mol. The van der Waals surface area contributed by atoms with E-state index in [-0.39, 0.29) is 11.8 Å². The van der Waals surface area contributed by atoms with E-state index < -0.39 is 0 Å². The first-order valence-corrected chi connectivity index (χ1v) is 7.30. The molecule has 0 aliphatic heterocycles. The zero-order chi connectivity index (χ0) is 14.4. The Morgan fingerprint density at radius 2 is 1.95 bits per heavy atom. The fourth-order valence-electron chi connectivity index (χ4n) is 1.90. The molecule has 0 N–H and O–H groups in total.